The van der Waals surface area contributed by atoms with Gasteiger partial charge in [0.05, 0.1) is 16.7 Å². The van der Waals surface area contributed by atoms with Crippen molar-refractivity contribution < 1.29 is 32.3 Å². The lowest BCUT2D eigenvalue weighted by Gasteiger charge is -2.38. The lowest BCUT2D eigenvalue weighted by molar-refractivity contribution is -0.137. The molecule has 1 aliphatic rings. The highest BCUT2D eigenvalue weighted by molar-refractivity contribution is 9.10. The quantitative estimate of drug-likeness (QED) is 0.314. The number of nitrogens with zero attached hydrogens (tertiary/aromatic N) is 1. The number of alkyl halides is 3. The predicted octanol–water partition coefficient (Wildman–Crippen LogP) is 6.37. The summed E-state index contributed by atoms with van der Waals surface area (Å²) in [5, 5.41) is 16.2. The Bertz CT molecular complexity index is 1310. The summed E-state index contributed by atoms with van der Waals surface area (Å²) in [5.74, 6) is -2.23. The first-order valence-corrected chi connectivity index (χ1v) is 12.1. The number of carbonyl (C=O) groups is 2. The number of amides is 3. The average Bonchev–Trinajstić information content (AvgIpc) is 2.84. The molecule has 11 heteroatoms. The van der Waals surface area contributed by atoms with Gasteiger partial charge < -0.3 is 20.6 Å². The molecule has 0 aromatic heterocycles. The van der Waals surface area contributed by atoms with Gasteiger partial charge in [0.15, 0.2) is 0 Å². The Balaban J connectivity index is 1.36. The summed E-state index contributed by atoms with van der Waals surface area (Å²) in [6.07, 6.45) is -4.01. The summed E-state index contributed by atoms with van der Waals surface area (Å²) in [7, 11) is 0. The molecule has 3 aromatic carbocycles. The van der Waals surface area contributed by atoms with Crippen LogP contribution in [0.2, 0.25) is 0 Å². The van der Waals surface area contributed by atoms with Gasteiger partial charge in [-0.1, -0.05) is 34.1 Å². The molecule has 0 unspecified atom stereocenters. The second-order valence-electron chi connectivity index (χ2n) is 8.68. The smallest absolute Gasteiger partial charge is 0.385 e. The topological polar surface area (TPSA) is 81.7 Å². The zero-order valence-electron chi connectivity index (χ0n) is 19.3. The lowest BCUT2D eigenvalue weighted by atomic mass is 9.84. The zero-order chi connectivity index (χ0) is 26.8. The number of urea groups is 1. The number of hydrogen-bond donors (Lipinski definition) is 3. The number of rotatable bonds is 4. The van der Waals surface area contributed by atoms with Gasteiger partial charge in [-0.3, -0.25) is 4.79 Å². The van der Waals surface area contributed by atoms with Gasteiger partial charge in [-0.2, -0.15) is 13.2 Å². The fourth-order valence-electron chi connectivity index (χ4n) is 4.08. The van der Waals surface area contributed by atoms with Crippen LogP contribution in [-0.4, -0.2) is 35.0 Å². The van der Waals surface area contributed by atoms with E-state index in [1.54, 1.807) is 17.0 Å². The van der Waals surface area contributed by atoms with Crippen LogP contribution >= 0.6 is 15.9 Å². The van der Waals surface area contributed by atoms with Gasteiger partial charge in [-0.05, 0) is 66.9 Å². The Hall–Kier alpha value is -3.44. The number of anilines is 2. The van der Waals surface area contributed by atoms with Gasteiger partial charge in [-0.15, -0.1) is 0 Å². The van der Waals surface area contributed by atoms with E-state index in [0.29, 0.717) is 37.7 Å². The number of piperidine rings is 1. The van der Waals surface area contributed by atoms with E-state index in [9.17, 15) is 32.3 Å². The molecule has 1 aliphatic heterocycles. The van der Waals surface area contributed by atoms with Gasteiger partial charge in [0.1, 0.15) is 5.82 Å². The first-order valence-electron chi connectivity index (χ1n) is 11.3. The van der Waals surface area contributed by atoms with Crippen LogP contribution < -0.4 is 10.6 Å². The van der Waals surface area contributed by atoms with Gasteiger partial charge in [0.2, 0.25) is 0 Å². The first kappa shape index (κ1) is 26.6. The Morgan fingerprint density at radius 1 is 0.919 bits per heavy atom. The fraction of sp³-hybridized carbons (Fsp3) is 0.231. The van der Waals surface area contributed by atoms with E-state index in [2.05, 4.69) is 26.6 Å². The molecule has 1 fully saturated rings. The molecule has 37 heavy (non-hydrogen) atoms. The van der Waals surface area contributed by atoms with Crippen LogP contribution in [0, 0.1) is 5.82 Å². The monoisotopic (exact) mass is 579 g/mol. The summed E-state index contributed by atoms with van der Waals surface area (Å²) < 4.78 is 53.3. The third kappa shape index (κ3) is 6.28. The Kier molecular flexibility index (Phi) is 7.56. The normalized spacial score (nSPS) is 15.2. The minimum atomic E-state index is -4.73. The molecule has 3 aromatic rings. The van der Waals surface area contributed by atoms with E-state index >= 15 is 0 Å². The van der Waals surface area contributed by atoms with Crippen molar-refractivity contribution in [2.45, 2.75) is 24.6 Å². The molecule has 6 nitrogen and oxygen atoms in total. The molecule has 4 rings (SSSR count). The molecule has 1 heterocycles. The van der Waals surface area contributed by atoms with Crippen molar-refractivity contribution in [3.05, 3.63) is 93.7 Å². The molecule has 0 bridgehead atoms. The van der Waals surface area contributed by atoms with Crippen molar-refractivity contribution in [3.8, 4) is 0 Å². The Morgan fingerprint density at radius 3 is 2.14 bits per heavy atom. The highest BCUT2D eigenvalue weighted by atomic mass is 79.9. The number of carbonyl (C=O) groups excluding carboxylic acids is 2. The number of hydrogen-bond acceptors (Lipinski definition) is 3. The van der Waals surface area contributed by atoms with Gasteiger partial charge >= 0.3 is 12.2 Å². The first-order chi connectivity index (χ1) is 17.4. The van der Waals surface area contributed by atoms with Crippen LogP contribution in [0.25, 0.3) is 0 Å². The van der Waals surface area contributed by atoms with E-state index in [4.69, 9.17) is 0 Å². The largest absolute Gasteiger partial charge is 0.416 e. The molecule has 3 N–H and O–H groups in total. The fourth-order valence-corrected chi connectivity index (χ4v) is 4.34. The van der Waals surface area contributed by atoms with Crippen molar-refractivity contribution >= 4 is 39.2 Å². The maximum atomic E-state index is 14.1. The van der Waals surface area contributed by atoms with Gasteiger partial charge in [-0.25, -0.2) is 9.18 Å². The number of halogens is 5. The second kappa shape index (κ2) is 10.5. The van der Waals surface area contributed by atoms with E-state index in [0.717, 1.165) is 16.1 Å². The van der Waals surface area contributed by atoms with E-state index in [1.165, 1.54) is 12.1 Å². The maximum absolute atomic E-state index is 14.1. The average molecular weight is 580 g/mol. The molecule has 194 valence electrons. The third-order valence-electron chi connectivity index (χ3n) is 6.17. The van der Waals surface area contributed by atoms with Gasteiger partial charge in [0, 0.05) is 28.9 Å². The standard InChI is InChI=1S/C26H22BrF4N3O3/c27-18-7-4-16(5-8-18)25(37)10-12-34(13-11-25)24(36)33-20-3-1-2-19(15-20)32-23(35)21-9-6-17(14-22(21)28)26(29,30)31/h1-9,14-15,37H,10-13H2,(H,32,35)(H,33,36). The number of aliphatic hydroxyl groups is 1. The molecule has 0 radical (unpaired) electrons. The van der Waals surface area contributed by atoms with Crippen LogP contribution in [0.15, 0.2) is 71.2 Å². The Morgan fingerprint density at radius 2 is 1.54 bits per heavy atom. The van der Waals surface area contributed by atoms with Gasteiger partial charge in [0.25, 0.3) is 5.91 Å². The molecule has 0 spiro atoms. The minimum Gasteiger partial charge on any atom is -0.385 e. The highest BCUT2D eigenvalue weighted by Gasteiger charge is 2.35. The molecular formula is C26H22BrF4N3O3. The summed E-state index contributed by atoms with van der Waals surface area (Å²) >= 11 is 3.37. The molecule has 0 atom stereocenters. The van der Waals surface area contributed by atoms with Crippen molar-refractivity contribution in [3.63, 3.8) is 0 Å². The number of benzene rings is 3. The van der Waals surface area contributed by atoms with Crippen LogP contribution in [-0.2, 0) is 11.8 Å². The van der Waals surface area contributed by atoms with Crippen molar-refractivity contribution in [1.29, 1.82) is 0 Å². The predicted molar refractivity (Wildman–Crippen MR) is 134 cm³/mol. The van der Waals surface area contributed by atoms with Crippen molar-refractivity contribution in [1.82, 2.24) is 4.90 Å². The zero-order valence-corrected chi connectivity index (χ0v) is 20.9. The molecule has 1 saturated heterocycles. The lowest BCUT2D eigenvalue weighted by Crippen LogP contribution is -2.46. The third-order valence-corrected chi connectivity index (χ3v) is 6.70. The van der Waals surface area contributed by atoms with E-state index < -0.39 is 40.7 Å². The molecule has 0 saturated carbocycles. The summed E-state index contributed by atoms with van der Waals surface area (Å²) in [6, 6.07) is 14.7. The highest BCUT2D eigenvalue weighted by Crippen LogP contribution is 2.34. The van der Waals surface area contributed by atoms with Crippen molar-refractivity contribution in [2.75, 3.05) is 23.7 Å². The summed E-state index contributed by atoms with van der Waals surface area (Å²) in [5.41, 5.74) is -1.43. The van der Waals surface area contributed by atoms with Crippen LogP contribution in [0.1, 0.15) is 34.3 Å². The van der Waals surface area contributed by atoms with E-state index in [-0.39, 0.29) is 11.8 Å². The van der Waals surface area contributed by atoms with Crippen LogP contribution in [0.3, 0.4) is 0 Å². The van der Waals surface area contributed by atoms with Crippen LogP contribution in [0.4, 0.5) is 33.7 Å². The number of nitrogens with one attached hydrogen (secondary N) is 2. The second-order valence-corrected chi connectivity index (χ2v) is 9.60. The molecule has 3 amide bonds. The Labute approximate surface area is 218 Å². The summed E-state index contributed by atoms with van der Waals surface area (Å²) in [4.78, 5) is 26.8. The maximum Gasteiger partial charge on any atom is 0.416 e. The van der Waals surface area contributed by atoms with Crippen LogP contribution in [0.5, 0.6) is 0 Å². The summed E-state index contributed by atoms with van der Waals surface area (Å²) in [6.45, 7) is 0.643. The minimum absolute atomic E-state index is 0.213. The molecular weight excluding hydrogens is 558 g/mol. The van der Waals surface area contributed by atoms with Crippen molar-refractivity contribution in [2.24, 2.45) is 0 Å². The SMILES string of the molecule is O=C(Nc1cccc(NC(=O)N2CCC(O)(c3ccc(Br)cc3)CC2)c1)c1ccc(C(F)(F)F)cc1F. The molecule has 0 aliphatic carbocycles. The van der Waals surface area contributed by atoms with E-state index in [1.807, 2.05) is 24.3 Å². The number of likely N-dealkylation sites (tertiary alicyclic amines) is 1.